The number of piperidine rings is 1. The van der Waals surface area contributed by atoms with Crippen molar-refractivity contribution in [2.24, 2.45) is 0 Å². The largest absolute Gasteiger partial charge is 0.355 e. The van der Waals surface area contributed by atoms with Gasteiger partial charge >= 0.3 is 0 Å². The van der Waals surface area contributed by atoms with Crippen molar-refractivity contribution in [3.63, 3.8) is 0 Å². The topological polar surface area (TPSA) is 82.8 Å². The second-order valence-corrected chi connectivity index (χ2v) is 8.03. The van der Waals surface area contributed by atoms with Crippen molar-refractivity contribution < 1.29 is 9.59 Å². The van der Waals surface area contributed by atoms with Crippen LogP contribution in [0.5, 0.6) is 0 Å². The molecule has 2 aromatic rings. The van der Waals surface area contributed by atoms with Gasteiger partial charge in [0.2, 0.25) is 5.91 Å². The first kappa shape index (κ1) is 19.8. The predicted octanol–water partition coefficient (Wildman–Crippen LogP) is 2.02. The summed E-state index contributed by atoms with van der Waals surface area (Å²) < 4.78 is 1.73. The molecule has 2 aliphatic heterocycles. The maximum atomic E-state index is 13.2. The highest BCUT2D eigenvalue weighted by Gasteiger charge is 2.31. The first-order valence-electron chi connectivity index (χ1n) is 10.8. The predicted molar refractivity (Wildman–Crippen MR) is 110 cm³/mol. The van der Waals surface area contributed by atoms with E-state index in [0.717, 1.165) is 44.6 Å². The van der Waals surface area contributed by atoms with Gasteiger partial charge in [0.1, 0.15) is 5.56 Å². The molecule has 2 aromatic heterocycles. The van der Waals surface area contributed by atoms with Crippen LogP contribution in [0.3, 0.4) is 0 Å². The molecular formula is C21H30N6O2. The standard InChI is InChI=1S/C21H30N6O2/c1-22-21(29)16-14-24-27-18(9-10-23-20(16)27)17-8-4-7-13-26(17)19(28)15-25-11-5-2-3-6-12-25/h9-10,14,17H,2-8,11-13,15H2,1H3,(H,22,29)/t17-/m0/s1. The summed E-state index contributed by atoms with van der Waals surface area (Å²) in [5.41, 5.74) is 1.91. The van der Waals surface area contributed by atoms with E-state index in [0.29, 0.717) is 17.8 Å². The van der Waals surface area contributed by atoms with Crippen molar-refractivity contribution >= 4 is 17.5 Å². The lowest BCUT2D eigenvalue weighted by molar-refractivity contribution is -0.136. The summed E-state index contributed by atoms with van der Waals surface area (Å²) in [6.45, 7) is 3.29. The van der Waals surface area contributed by atoms with Gasteiger partial charge in [-0.3, -0.25) is 14.5 Å². The molecule has 2 fully saturated rings. The summed E-state index contributed by atoms with van der Waals surface area (Å²) in [6, 6.07) is 1.89. The molecule has 4 rings (SSSR count). The smallest absolute Gasteiger partial charge is 0.256 e. The van der Waals surface area contributed by atoms with Gasteiger partial charge in [0, 0.05) is 19.8 Å². The molecule has 0 bridgehead atoms. The number of carbonyl (C=O) groups excluding carboxylic acids is 2. The Balaban J connectivity index is 1.59. The van der Waals surface area contributed by atoms with Crippen LogP contribution in [0.2, 0.25) is 0 Å². The highest BCUT2D eigenvalue weighted by Crippen LogP contribution is 2.31. The Morgan fingerprint density at radius 1 is 1.10 bits per heavy atom. The molecule has 8 heteroatoms. The third kappa shape index (κ3) is 4.12. The van der Waals surface area contributed by atoms with E-state index >= 15 is 0 Å². The molecule has 156 valence electrons. The highest BCUT2D eigenvalue weighted by atomic mass is 16.2. The second-order valence-electron chi connectivity index (χ2n) is 8.03. The molecule has 1 atom stereocenters. The van der Waals surface area contributed by atoms with Gasteiger partial charge in [-0.15, -0.1) is 0 Å². The van der Waals surface area contributed by atoms with Crippen LogP contribution in [0.1, 0.15) is 67.0 Å². The van der Waals surface area contributed by atoms with E-state index in [2.05, 4.69) is 20.3 Å². The normalized spacial score (nSPS) is 21.1. The van der Waals surface area contributed by atoms with E-state index in [1.54, 1.807) is 24.0 Å². The lowest BCUT2D eigenvalue weighted by Crippen LogP contribution is -2.45. The molecule has 0 aromatic carbocycles. The number of rotatable bonds is 4. The van der Waals surface area contributed by atoms with E-state index in [1.807, 2.05) is 11.0 Å². The van der Waals surface area contributed by atoms with Crippen LogP contribution in [-0.4, -0.2) is 69.4 Å². The fourth-order valence-electron chi connectivity index (χ4n) is 4.57. The molecule has 29 heavy (non-hydrogen) atoms. The Bertz CT molecular complexity index is 871. The second kappa shape index (κ2) is 8.90. The number of hydrogen-bond donors (Lipinski definition) is 1. The number of amides is 2. The van der Waals surface area contributed by atoms with E-state index < -0.39 is 0 Å². The molecule has 8 nitrogen and oxygen atoms in total. The van der Waals surface area contributed by atoms with Crippen molar-refractivity contribution in [2.75, 3.05) is 33.2 Å². The third-order valence-electron chi connectivity index (χ3n) is 6.12. The van der Waals surface area contributed by atoms with Crippen molar-refractivity contribution in [3.05, 3.63) is 29.7 Å². The van der Waals surface area contributed by atoms with Crippen LogP contribution >= 0.6 is 0 Å². The van der Waals surface area contributed by atoms with Crippen LogP contribution in [0.25, 0.3) is 5.65 Å². The molecule has 0 spiro atoms. The Kier molecular flexibility index (Phi) is 6.08. The summed E-state index contributed by atoms with van der Waals surface area (Å²) in [5, 5.41) is 7.06. The number of nitrogens with zero attached hydrogens (tertiary/aromatic N) is 5. The van der Waals surface area contributed by atoms with Crippen molar-refractivity contribution in [2.45, 2.75) is 51.0 Å². The van der Waals surface area contributed by atoms with Gasteiger partial charge in [0.15, 0.2) is 5.65 Å². The number of likely N-dealkylation sites (tertiary alicyclic amines) is 2. The number of carbonyl (C=O) groups is 2. The Morgan fingerprint density at radius 3 is 2.62 bits per heavy atom. The first-order chi connectivity index (χ1) is 14.2. The van der Waals surface area contributed by atoms with Gasteiger partial charge < -0.3 is 10.2 Å². The zero-order valence-electron chi connectivity index (χ0n) is 17.1. The summed E-state index contributed by atoms with van der Waals surface area (Å²) in [7, 11) is 1.60. The molecule has 0 saturated carbocycles. The lowest BCUT2D eigenvalue weighted by Gasteiger charge is -2.37. The molecule has 0 aliphatic carbocycles. The zero-order chi connectivity index (χ0) is 20.2. The minimum atomic E-state index is -0.206. The maximum absolute atomic E-state index is 13.2. The minimum Gasteiger partial charge on any atom is -0.355 e. The van der Waals surface area contributed by atoms with Gasteiger partial charge in [-0.25, -0.2) is 9.50 Å². The van der Waals surface area contributed by atoms with Crippen molar-refractivity contribution in [1.82, 2.24) is 29.7 Å². The Labute approximate surface area is 171 Å². The van der Waals surface area contributed by atoms with Crippen molar-refractivity contribution in [3.8, 4) is 0 Å². The molecule has 0 radical (unpaired) electrons. The summed E-state index contributed by atoms with van der Waals surface area (Å²) in [5.74, 6) is -0.0115. The monoisotopic (exact) mass is 398 g/mol. The van der Waals surface area contributed by atoms with E-state index in [-0.39, 0.29) is 17.9 Å². The molecule has 2 amide bonds. The highest BCUT2D eigenvalue weighted by molar-refractivity contribution is 5.99. The lowest BCUT2D eigenvalue weighted by atomic mass is 9.98. The minimum absolute atomic E-state index is 0.0360. The maximum Gasteiger partial charge on any atom is 0.256 e. The van der Waals surface area contributed by atoms with E-state index in [9.17, 15) is 9.59 Å². The van der Waals surface area contributed by atoms with Crippen LogP contribution in [-0.2, 0) is 4.79 Å². The van der Waals surface area contributed by atoms with E-state index in [4.69, 9.17) is 0 Å². The Hall–Kier alpha value is -2.48. The molecule has 4 heterocycles. The van der Waals surface area contributed by atoms with Gasteiger partial charge in [0.25, 0.3) is 5.91 Å². The molecule has 1 N–H and O–H groups in total. The van der Waals surface area contributed by atoms with Gasteiger partial charge in [0.05, 0.1) is 24.5 Å². The quantitative estimate of drug-likeness (QED) is 0.852. The molecule has 2 aliphatic rings. The van der Waals surface area contributed by atoms with Crippen LogP contribution in [0.15, 0.2) is 18.5 Å². The summed E-state index contributed by atoms with van der Waals surface area (Å²) >= 11 is 0. The Morgan fingerprint density at radius 2 is 1.86 bits per heavy atom. The van der Waals surface area contributed by atoms with Gasteiger partial charge in [-0.05, 0) is 51.3 Å². The molecule has 0 unspecified atom stereocenters. The summed E-state index contributed by atoms with van der Waals surface area (Å²) in [4.78, 5) is 34.0. The first-order valence-corrected chi connectivity index (χ1v) is 10.8. The average molecular weight is 399 g/mol. The van der Waals surface area contributed by atoms with Gasteiger partial charge in [-0.1, -0.05) is 12.8 Å². The fraction of sp³-hybridized carbons (Fsp3) is 0.619. The van der Waals surface area contributed by atoms with Crippen LogP contribution in [0, 0.1) is 0 Å². The summed E-state index contributed by atoms with van der Waals surface area (Å²) in [6.07, 6.45) is 11.2. The molecule has 2 saturated heterocycles. The number of aromatic nitrogens is 3. The zero-order valence-corrected chi connectivity index (χ0v) is 17.1. The number of fused-ring (bicyclic) bond motifs is 1. The number of nitrogens with one attached hydrogen (secondary N) is 1. The molecular weight excluding hydrogens is 368 g/mol. The van der Waals surface area contributed by atoms with E-state index in [1.165, 1.54) is 25.7 Å². The SMILES string of the molecule is CNC(=O)c1cnn2c([C@@H]3CCCCN3C(=O)CN3CCCCCC3)ccnc12. The number of hydrogen-bond acceptors (Lipinski definition) is 5. The van der Waals surface area contributed by atoms with Gasteiger partial charge in [-0.2, -0.15) is 5.10 Å². The average Bonchev–Trinajstić information content (AvgIpc) is 3.03. The van der Waals surface area contributed by atoms with Crippen LogP contribution in [0.4, 0.5) is 0 Å². The third-order valence-corrected chi connectivity index (χ3v) is 6.12. The van der Waals surface area contributed by atoms with Crippen molar-refractivity contribution in [1.29, 1.82) is 0 Å². The van der Waals surface area contributed by atoms with Crippen LogP contribution < -0.4 is 5.32 Å². The fourth-order valence-corrected chi connectivity index (χ4v) is 4.57.